The Morgan fingerprint density at radius 1 is 1.21 bits per heavy atom. The lowest BCUT2D eigenvalue weighted by Gasteiger charge is -2.19. The van der Waals surface area contributed by atoms with E-state index in [1.54, 1.807) is 18.2 Å². The summed E-state index contributed by atoms with van der Waals surface area (Å²) in [4.78, 5) is 23.0. The van der Waals surface area contributed by atoms with Crippen molar-refractivity contribution in [2.75, 3.05) is 36.9 Å². The van der Waals surface area contributed by atoms with Crippen LogP contribution in [0.25, 0.3) is 10.9 Å². The van der Waals surface area contributed by atoms with Gasteiger partial charge >= 0.3 is 0 Å². The van der Waals surface area contributed by atoms with Crippen LogP contribution in [0.5, 0.6) is 5.75 Å². The van der Waals surface area contributed by atoms with E-state index in [0.717, 1.165) is 19.6 Å². The summed E-state index contributed by atoms with van der Waals surface area (Å²) in [6.45, 7) is 10.6. The van der Waals surface area contributed by atoms with E-state index in [-0.39, 0.29) is 10.1 Å². The number of amides is 1. The van der Waals surface area contributed by atoms with Gasteiger partial charge in [0, 0.05) is 23.7 Å². The predicted molar refractivity (Wildman–Crippen MR) is 131 cm³/mol. The molecule has 10 heteroatoms. The highest BCUT2D eigenvalue weighted by Crippen LogP contribution is 2.34. The molecule has 33 heavy (non-hydrogen) atoms. The second-order valence-corrected chi connectivity index (χ2v) is 7.94. The van der Waals surface area contributed by atoms with Crippen molar-refractivity contribution in [1.82, 2.24) is 14.9 Å². The molecule has 1 aromatic heterocycles. The molecule has 0 saturated heterocycles. The largest absolute Gasteiger partial charge is 0.490 e. The first-order valence-electron chi connectivity index (χ1n) is 10.3. The first-order valence-corrected chi connectivity index (χ1v) is 11.1. The summed E-state index contributed by atoms with van der Waals surface area (Å²) in [5.74, 6) is -0.193. The molecular weight excluding hydrogens is 468 g/mol. The highest BCUT2D eigenvalue weighted by molar-refractivity contribution is 6.43. The minimum absolute atomic E-state index is 0.0178. The maximum absolute atomic E-state index is 13.5. The molecule has 0 unspecified atom stereocenters. The summed E-state index contributed by atoms with van der Waals surface area (Å²) in [7, 11) is 0. The van der Waals surface area contributed by atoms with Crippen molar-refractivity contribution in [2.24, 2.45) is 0 Å². The average Bonchev–Trinajstić information content (AvgIpc) is 2.79. The Morgan fingerprint density at radius 2 is 1.97 bits per heavy atom. The van der Waals surface area contributed by atoms with Gasteiger partial charge in [-0.05, 0) is 37.4 Å². The zero-order valence-corrected chi connectivity index (χ0v) is 19.8. The molecule has 7 nitrogen and oxygen atoms in total. The number of carbonyl (C=O) groups excluding carboxylic acids is 1. The number of ether oxygens (including phenoxy) is 1. The van der Waals surface area contributed by atoms with Crippen LogP contribution in [-0.4, -0.2) is 47.0 Å². The summed E-state index contributed by atoms with van der Waals surface area (Å²) >= 11 is 11.7. The number of carbonyl (C=O) groups is 1. The zero-order valence-electron chi connectivity index (χ0n) is 18.3. The molecule has 174 valence electrons. The second-order valence-electron chi connectivity index (χ2n) is 7.08. The summed E-state index contributed by atoms with van der Waals surface area (Å²) in [5.41, 5.74) is 1.52. The Bertz CT molecular complexity index is 1170. The highest BCUT2D eigenvalue weighted by atomic mass is 35.5. The number of nitrogens with one attached hydrogen (secondary N) is 2. The van der Waals surface area contributed by atoms with E-state index in [1.807, 2.05) is 0 Å². The first kappa shape index (κ1) is 24.7. The molecular formula is C23H24Cl2FN5O2. The molecule has 0 fully saturated rings. The lowest BCUT2D eigenvalue weighted by atomic mass is 10.1. The van der Waals surface area contributed by atoms with Crippen LogP contribution in [0.2, 0.25) is 5.02 Å². The zero-order chi connectivity index (χ0) is 24.0. The maximum Gasteiger partial charge on any atom is 0.266 e. The number of fused-ring (bicyclic) bond motifs is 1. The van der Waals surface area contributed by atoms with Crippen LogP contribution in [0.15, 0.2) is 48.3 Å². The van der Waals surface area contributed by atoms with Crippen LogP contribution in [0.4, 0.5) is 21.6 Å². The summed E-state index contributed by atoms with van der Waals surface area (Å²) in [6.07, 6.45) is 1.40. The fourth-order valence-electron chi connectivity index (χ4n) is 3.13. The second kappa shape index (κ2) is 11.3. The van der Waals surface area contributed by atoms with Crippen LogP contribution in [0, 0.1) is 5.82 Å². The maximum atomic E-state index is 13.5. The standard InChI is InChI=1S/C23H24Cl2FN5O2/c1-4-31(5-2)8-9-33-21-12-19-16(11-20(21)30-23(32)14(3)24)22(28-13-27-19)29-15-6-7-18(26)17(25)10-15/h6-7,10-13H,3-5,8-9H2,1-2H3,(H,30,32)(H,27,28,29). The predicted octanol–water partition coefficient (Wildman–Crippen LogP) is 5.58. The van der Waals surface area contributed by atoms with E-state index in [2.05, 4.69) is 45.9 Å². The van der Waals surface area contributed by atoms with Gasteiger partial charge < -0.3 is 20.3 Å². The minimum atomic E-state index is -0.554. The lowest BCUT2D eigenvalue weighted by Crippen LogP contribution is -2.28. The molecule has 1 heterocycles. The Hall–Kier alpha value is -2.94. The van der Waals surface area contributed by atoms with Crippen molar-refractivity contribution in [2.45, 2.75) is 13.8 Å². The van der Waals surface area contributed by atoms with E-state index in [4.69, 9.17) is 27.9 Å². The molecule has 1 amide bonds. The molecule has 0 saturated carbocycles. The Morgan fingerprint density at radius 3 is 2.64 bits per heavy atom. The Balaban J connectivity index is 1.97. The number of benzene rings is 2. The number of aromatic nitrogens is 2. The van der Waals surface area contributed by atoms with Crippen molar-refractivity contribution in [3.63, 3.8) is 0 Å². The van der Waals surface area contributed by atoms with Crippen LogP contribution < -0.4 is 15.4 Å². The van der Waals surface area contributed by atoms with E-state index in [0.29, 0.717) is 40.5 Å². The third-order valence-corrected chi connectivity index (χ3v) is 5.43. The molecule has 2 aromatic carbocycles. The van der Waals surface area contributed by atoms with Crippen molar-refractivity contribution >= 4 is 57.2 Å². The number of hydrogen-bond acceptors (Lipinski definition) is 6. The van der Waals surface area contributed by atoms with E-state index in [1.165, 1.54) is 18.5 Å². The number of anilines is 3. The van der Waals surface area contributed by atoms with Gasteiger partial charge in [0.2, 0.25) is 0 Å². The van der Waals surface area contributed by atoms with Gasteiger partial charge in [0.1, 0.15) is 30.3 Å². The van der Waals surface area contributed by atoms with Gasteiger partial charge in [-0.2, -0.15) is 0 Å². The van der Waals surface area contributed by atoms with Crippen molar-refractivity contribution in [1.29, 1.82) is 0 Å². The summed E-state index contributed by atoms with van der Waals surface area (Å²) < 4.78 is 19.5. The summed E-state index contributed by atoms with van der Waals surface area (Å²) in [5, 5.41) is 6.24. The van der Waals surface area contributed by atoms with Gasteiger partial charge in [0.15, 0.2) is 0 Å². The molecule has 0 aliphatic carbocycles. The number of nitrogens with zero attached hydrogens (tertiary/aromatic N) is 3. The molecule has 0 atom stereocenters. The Labute approximate surface area is 201 Å². The third kappa shape index (κ3) is 6.31. The number of likely N-dealkylation sites (N-methyl/N-ethyl adjacent to an activating group) is 1. The molecule has 3 aromatic rings. The smallest absolute Gasteiger partial charge is 0.266 e. The third-order valence-electron chi connectivity index (χ3n) is 4.97. The minimum Gasteiger partial charge on any atom is -0.490 e. The molecule has 0 aliphatic rings. The lowest BCUT2D eigenvalue weighted by molar-refractivity contribution is -0.112. The normalized spacial score (nSPS) is 11.0. The molecule has 0 aliphatic heterocycles. The number of halogens is 3. The SMILES string of the molecule is C=C(Cl)C(=O)Nc1cc2c(Nc3ccc(F)c(Cl)c3)ncnc2cc1OCCN(CC)CC. The number of hydrogen-bond donors (Lipinski definition) is 2. The van der Waals surface area contributed by atoms with Gasteiger partial charge in [0.05, 0.1) is 21.3 Å². The molecule has 2 N–H and O–H groups in total. The van der Waals surface area contributed by atoms with Gasteiger partial charge in [-0.3, -0.25) is 4.79 Å². The molecule has 0 spiro atoms. The van der Waals surface area contributed by atoms with Crippen LogP contribution in [-0.2, 0) is 4.79 Å². The summed E-state index contributed by atoms with van der Waals surface area (Å²) in [6, 6.07) is 7.66. The molecule has 0 radical (unpaired) electrons. The van der Waals surface area contributed by atoms with Crippen LogP contribution in [0.3, 0.4) is 0 Å². The molecule has 3 rings (SSSR count). The quantitative estimate of drug-likeness (QED) is 0.360. The van der Waals surface area contributed by atoms with Gasteiger partial charge in [0.25, 0.3) is 5.91 Å². The van der Waals surface area contributed by atoms with Crippen molar-refractivity contribution in [3.8, 4) is 5.75 Å². The van der Waals surface area contributed by atoms with Crippen molar-refractivity contribution < 1.29 is 13.9 Å². The van der Waals surface area contributed by atoms with Crippen molar-refractivity contribution in [3.05, 3.63) is 59.1 Å². The fraction of sp³-hybridized carbons (Fsp3) is 0.261. The average molecular weight is 492 g/mol. The molecule has 0 bridgehead atoms. The van der Waals surface area contributed by atoms with E-state index < -0.39 is 11.7 Å². The van der Waals surface area contributed by atoms with Gasteiger partial charge in [-0.25, -0.2) is 14.4 Å². The van der Waals surface area contributed by atoms with Gasteiger partial charge in [-0.1, -0.05) is 43.6 Å². The topological polar surface area (TPSA) is 79.4 Å². The van der Waals surface area contributed by atoms with E-state index in [9.17, 15) is 9.18 Å². The van der Waals surface area contributed by atoms with Crippen LogP contribution >= 0.6 is 23.2 Å². The fourth-order valence-corrected chi connectivity index (χ4v) is 3.35. The first-order chi connectivity index (χ1) is 15.8. The monoisotopic (exact) mass is 491 g/mol. The van der Waals surface area contributed by atoms with Gasteiger partial charge in [-0.15, -0.1) is 0 Å². The van der Waals surface area contributed by atoms with Crippen LogP contribution in [0.1, 0.15) is 13.8 Å². The van der Waals surface area contributed by atoms with E-state index >= 15 is 0 Å². The Kier molecular flexibility index (Phi) is 8.43. The highest BCUT2D eigenvalue weighted by Gasteiger charge is 2.15. The number of rotatable bonds is 10.